The Balaban J connectivity index is 1.14. The van der Waals surface area contributed by atoms with E-state index in [0.717, 1.165) is 68.0 Å². The lowest BCUT2D eigenvalue weighted by atomic mass is 9.99. The lowest BCUT2D eigenvalue weighted by Crippen LogP contribution is -2.25. The maximum absolute atomic E-state index is 12.4. The van der Waals surface area contributed by atoms with Crippen LogP contribution in [0, 0.1) is 0 Å². The Bertz CT molecular complexity index is 2280. The van der Waals surface area contributed by atoms with Crippen LogP contribution in [0.5, 0.6) is 5.75 Å². The van der Waals surface area contributed by atoms with Crippen molar-refractivity contribution in [2.45, 2.75) is 117 Å². The number of phenolic OH excluding ortho intramolecular Hbond substituents is 1. The van der Waals surface area contributed by atoms with E-state index in [4.69, 9.17) is 9.97 Å². The number of hydrogen-bond donors (Lipinski definition) is 2. The summed E-state index contributed by atoms with van der Waals surface area (Å²) < 4.78 is 0. The van der Waals surface area contributed by atoms with Crippen LogP contribution in [0.25, 0.3) is 11.1 Å². The molecule has 336 valence electrons. The highest BCUT2D eigenvalue weighted by Crippen LogP contribution is 2.30. The lowest BCUT2D eigenvalue weighted by molar-refractivity contribution is 0.234. The zero-order valence-electron chi connectivity index (χ0n) is 38.8. The van der Waals surface area contributed by atoms with Crippen molar-refractivity contribution >= 4 is 0 Å². The fraction of sp³-hybridized carbons (Fsp3) is 0.322. The minimum Gasteiger partial charge on any atom is -0.507 e. The van der Waals surface area contributed by atoms with E-state index in [-0.39, 0.29) is 0 Å². The molecule has 2 aromatic heterocycles. The molecular weight excluding hydrogens is 795 g/mol. The SMILES string of the molecule is CCCCCc1ccc(CN(Cc2ccccn2)Cc2cc(CCNCc3ccc(-c4ccccc4)cc3)cc(CN(Cc3ccc(CCCCC)cc3)Cc3ccccn3)c2O)cc1. The molecule has 0 spiro atoms. The molecule has 0 radical (unpaired) electrons. The second kappa shape index (κ2) is 25.5. The van der Waals surface area contributed by atoms with E-state index in [1.807, 2.05) is 24.5 Å². The predicted molar refractivity (Wildman–Crippen MR) is 269 cm³/mol. The van der Waals surface area contributed by atoms with E-state index in [1.54, 1.807) is 0 Å². The Morgan fingerprint density at radius 2 is 0.892 bits per heavy atom. The van der Waals surface area contributed by atoms with Gasteiger partial charge in [0.05, 0.1) is 11.4 Å². The number of rotatable bonds is 26. The quantitative estimate of drug-likeness (QED) is 0.0529. The molecule has 0 aliphatic heterocycles. The fourth-order valence-corrected chi connectivity index (χ4v) is 8.68. The molecule has 0 saturated heterocycles. The molecule has 0 bridgehead atoms. The number of hydrogen-bond acceptors (Lipinski definition) is 6. The van der Waals surface area contributed by atoms with Gasteiger partial charge < -0.3 is 10.4 Å². The van der Waals surface area contributed by atoms with Crippen LogP contribution in [0.2, 0.25) is 0 Å². The van der Waals surface area contributed by atoms with E-state index >= 15 is 0 Å². The first-order chi connectivity index (χ1) is 32.0. The first-order valence-corrected chi connectivity index (χ1v) is 24.1. The van der Waals surface area contributed by atoms with Crippen LogP contribution in [0.3, 0.4) is 0 Å². The molecule has 0 atom stereocenters. The number of nitrogens with one attached hydrogen (secondary N) is 1. The molecule has 0 saturated carbocycles. The second-order valence-corrected chi connectivity index (χ2v) is 17.7. The van der Waals surface area contributed by atoms with Crippen LogP contribution < -0.4 is 5.32 Å². The average Bonchev–Trinajstić information content (AvgIpc) is 3.34. The van der Waals surface area contributed by atoms with E-state index in [1.165, 1.54) is 83.0 Å². The van der Waals surface area contributed by atoms with Crippen LogP contribution in [0.15, 0.2) is 164 Å². The average molecular weight is 864 g/mol. The minimum absolute atomic E-state index is 0.370. The van der Waals surface area contributed by atoms with Crippen molar-refractivity contribution in [2.75, 3.05) is 6.54 Å². The summed E-state index contributed by atoms with van der Waals surface area (Å²) in [7, 11) is 0. The molecule has 0 aliphatic carbocycles. The number of benzene rings is 5. The molecule has 6 heteroatoms. The summed E-state index contributed by atoms with van der Waals surface area (Å²) in [5.74, 6) is 0.370. The van der Waals surface area contributed by atoms with Crippen LogP contribution in [0.1, 0.15) is 108 Å². The molecule has 2 heterocycles. The summed E-state index contributed by atoms with van der Waals surface area (Å²) in [6.45, 7) is 10.1. The normalized spacial score (nSPS) is 11.4. The number of aryl methyl sites for hydroxylation is 2. The summed E-state index contributed by atoms with van der Waals surface area (Å²) in [5, 5.41) is 16.1. The molecule has 6 nitrogen and oxygen atoms in total. The Morgan fingerprint density at radius 1 is 0.431 bits per heavy atom. The fourth-order valence-electron chi connectivity index (χ4n) is 8.68. The molecule has 7 aromatic rings. The molecule has 65 heavy (non-hydrogen) atoms. The standard InChI is InChI=1S/C59H69N5O/c1-3-5-8-16-47-22-26-50(27-23-47)41-63(45-57-20-12-14-35-61-57)43-55-38-52(34-37-60-40-49-30-32-54(33-31-49)53-18-10-7-11-19-53)39-56(59(55)65)44-64(46-58-21-13-15-36-62-58)42-51-28-24-48(25-29-51)17-9-6-4-2/h7,10-15,18-33,35-36,38-39,60,65H,3-6,8-9,16-17,34,37,40-46H2,1-2H3. The molecule has 0 aliphatic rings. The van der Waals surface area contributed by atoms with Crippen LogP contribution >= 0.6 is 0 Å². The Labute approximate surface area is 389 Å². The smallest absolute Gasteiger partial charge is 0.124 e. The van der Waals surface area contributed by atoms with Gasteiger partial charge in [-0.15, -0.1) is 0 Å². The number of aromatic hydroxyl groups is 1. The van der Waals surface area contributed by atoms with Crippen molar-refractivity contribution in [3.05, 3.63) is 220 Å². The van der Waals surface area contributed by atoms with Crippen molar-refractivity contribution in [3.63, 3.8) is 0 Å². The van der Waals surface area contributed by atoms with Crippen molar-refractivity contribution in [3.8, 4) is 16.9 Å². The van der Waals surface area contributed by atoms with Gasteiger partial charge in [-0.1, -0.05) is 167 Å². The van der Waals surface area contributed by atoms with Gasteiger partial charge in [0.2, 0.25) is 0 Å². The van der Waals surface area contributed by atoms with Crippen molar-refractivity contribution < 1.29 is 5.11 Å². The number of phenols is 1. The summed E-state index contributed by atoms with van der Waals surface area (Å²) in [5.41, 5.74) is 14.1. The highest BCUT2D eigenvalue weighted by atomic mass is 16.3. The first kappa shape index (κ1) is 47.1. The van der Waals surface area contributed by atoms with E-state index < -0.39 is 0 Å². The monoisotopic (exact) mass is 864 g/mol. The highest BCUT2D eigenvalue weighted by molar-refractivity contribution is 5.63. The van der Waals surface area contributed by atoms with E-state index in [9.17, 15) is 5.11 Å². The Morgan fingerprint density at radius 3 is 1.37 bits per heavy atom. The number of unbranched alkanes of at least 4 members (excludes halogenated alkanes) is 4. The summed E-state index contributed by atoms with van der Waals surface area (Å²) >= 11 is 0. The van der Waals surface area contributed by atoms with Gasteiger partial charge in [0.25, 0.3) is 0 Å². The molecule has 5 aromatic carbocycles. The summed E-state index contributed by atoms with van der Waals surface area (Å²) in [6.07, 6.45) is 14.2. The van der Waals surface area contributed by atoms with Crippen molar-refractivity contribution in [1.29, 1.82) is 0 Å². The maximum Gasteiger partial charge on any atom is 0.124 e. The maximum atomic E-state index is 12.4. The van der Waals surface area contributed by atoms with Crippen molar-refractivity contribution in [1.82, 2.24) is 25.1 Å². The molecule has 7 rings (SSSR count). The van der Waals surface area contributed by atoms with Gasteiger partial charge >= 0.3 is 0 Å². The molecular formula is C59H69N5O. The Hall–Kier alpha value is -5.92. The lowest BCUT2D eigenvalue weighted by Gasteiger charge is -2.26. The summed E-state index contributed by atoms with van der Waals surface area (Å²) in [4.78, 5) is 14.3. The molecule has 0 amide bonds. The van der Waals surface area contributed by atoms with Gasteiger partial charge in [0.1, 0.15) is 5.75 Å². The zero-order chi connectivity index (χ0) is 44.9. The van der Waals surface area contributed by atoms with Gasteiger partial charge in [-0.05, 0) is 107 Å². The third-order valence-corrected chi connectivity index (χ3v) is 12.3. The molecule has 2 N–H and O–H groups in total. The predicted octanol–water partition coefficient (Wildman–Crippen LogP) is 13.1. The number of pyridine rings is 2. The van der Waals surface area contributed by atoms with Gasteiger partial charge in [-0.3, -0.25) is 19.8 Å². The van der Waals surface area contributed by atoms with Crippen LogP contribution in [-0.2, 0) is 65.1 Å². The van der Waals surface area contributed by atoms with Gasteiger partial charge in [0.15, 0.2) is 0 Å². The van der Waals surface area contributed by atoms with Gasteiger partial charge in [-0.25, -0.2) is 0 Å². The minimum atomic E-state index is 0.370. The van der Waals surface area contributed by atoms with E-state index in [0.29, 0.717) is 31.9 Å². The topological polar surface area (TPSA) is 64.5 Å². The number of aromatic nitrogens is 2. The van der Waals surface area contributed by atoms with Gasteiger partial charge in [0, 0.05) is 69.3 Å². The largest absolute Gasteiger partial charge is 0.507 e. The molecule has 0 unspecified atom stereocenters. The van der Waals surface area contributed by atoms with Crippen LogP contribution in [-0.4, -0.2) is 31.4 Å². The van der Waals surface area contributed by atoms with Crippen molar-refractivity contribution in [2.24, 2.45) is 0 Å². The third kappa shape index (κ3) is 15.4. The third-order valence-electron chi connectivity index (χ3n) is 12.3. The second-order valence-electron chi connectivity index (χ2n) is 17.7. The summed E-state index contributed by atoms with van der Waals surface area (Å²) in [6, 6.07) is 54.4. The van der Waals surface area contributed by atoms with E-state index in [2.05, 4.69) is 168 Å². The Kier molecular flexibility index (Phi) is 18.5. The number of nitrogens with zero attached hydrogens (tertiary/aromatic N) is 4. The first-order valence-electron chi connectivity index (χ1n) is 24.1. The van der Waals surface area contributed by atoms with Crippen LogP contribution in [0.4, 0.5) is 0 Å². The zero-order valence-corrected chi connectivity index (χ0v) is 38.8. The molecule has 0 fully saturated rings. The van der Waals surface area contributed by atoms with Gasteiger partial charge in [-0.2, -0.15) is 0 Å². The highest BCUT2D eigenvalue weighted by Gasteiger charge is 2.19.